The number of carbonyl (C=O) groups excluding carboxylic acids is 2. The molecular formula is C29H32N2O5S. The van der Waals surface area contributed by atoms with Gasteiger partial charge in [0.25, 0.3) is 0 Å². The number of rotatable bonds is 10. The highest BCUT2D eigenvalue weighted by Crippen LogP contribution is 2.66. The van der Waals surface area contributed by atoms with Crippen LogP contribution in [-0.2, 0) is 27.3 Å². The van der Waals surface area contributed by atoms with E-state index in [1.165, 1.54) is 11.8 Å². The van der Waals surface area contributed by atoms with Gasteiger partial charge < -0.3 is 20.0 Å². The molecule has 1 spiro atoms. The third-order valence-electron chi connectivity index (χ3n) is 8.05. The van der Waals surface area contributed by atoms with Crippen LogP contribution in [0.3, 0.4) is 0 Å². The molecule has 6 atom stereocenters. The summed E-state index contributed by atoms with van der Waals surface area (Å²) in [6.07, 6.45) is 3.31. The van der Waals surface area contributed by atoms with Gasteiger partial charge in [-0.1, -0.05) is 66.7 Å². The molecule has 3 heterocycles. The molecule has 194 valence electrons. The van der Waals surface area contributed by atoms with Gasteiger partial charge in [-0.25, -0.2) is 0 Å². The molecular weight excluding hydrogens is 488 g/mol. The molecule has 7 nitrogen and oxygen atoms in total. The van der Waals surface area contributed by atoms with Crippen molar-refractivity contribution < 1.29 is 24.6 Å². The number of likely N-dealkylation sites (tertiary alicyclic amines) is 1. The van der Waals surface area contributed by atoms with Crippen LogP contribution < -0.4 is 0 Å². The number of carboxylic acids is 1. The second-order valence-corrected chi connectivity index (χ2v) is 11.8. The third-order valence-corrected chi connectivity index (χ3v) is 10.0. The number of nitrogens with zero attached hydrogens (tertiary/aromatic N) is 2. The molecule has 2 unspecified atom stereocenters. The molecule has 2 N–H and O–H groups in total. The van der Waals surface area contributed by atoms with Gasteiger partial charge in [-0.05, 0) is 30.4 Å². The minimum Gasteiger partial charge on any atom is -0.481 e. The van der Waals surface area contributed by atoms with Gasteiger partial charge in [0.05, 0.1) is 29.2 Å². The lowest BCUT2D eigenvalue weighted by Crippen LogP contribution is -2.57. The first kappa shape index (κ1) is 25.5. The zero-order valence-electron chi connectivity index (χ0n) is 20.6. The van der Waals surface area contributed by atoms with Crippen molar-refractivity contribution in [1.29, 1.82) is 0 Å². The molecule has 0 aromatic heterocycles. The van der Waals surface area contributed by atoms with Crippen LogP contribution in [0.4, 0.5) is 0 Å². The smallest absolute Gasteiger partial charge is 0.308 e. The zero-order chi connectivity index (χ0) is 26.2. The SMILES string of the molecule is C=CCN(Cc1ccccc1)C(=O)C1N([C@@H](CO)Cc2ccccc2)C(=O)[C@@H]2[C@@H](C(=O)O)[C@H]3CCC12S3. The molecule has 0 aliphatic carbocycles. The lowest BCUT2D eigenvalue weighted by molar-refractivity contribution is -0.149. The number of hydrogen-bond acceptors (Lipinski definition) is 5. The van der Waals surface area contributed by atoms with Crippen LogP contribution in [-0.4, -0.2) is 73.0 Å². The molecule has 3 fully saturated rings. The highest BCUT2D eigenvalue weighted by Gasteiger charge is 2.74. The van der Waals surface area contributed by atoms with Crippen molar-refractivity contribution in [2.75, 3.05) is 13.2 Å². The predicted molar refractivity (Wildman–Crippen MR) is 142 cm³/mol. The van der Waals surface area contributed by atoms with E-state index < -0.39 is 34.6 Å². The minimum absolute atomic E-state index is 0.187. The first-order chi connectivity index (χ1) is 17.9. The van der Waals surface area contributed by atoms with Gasteiger partial charge in [-0.3, -0.25) is 14.4 Å². The predicted octanol–water partition coefficient (Wildman–Crippen LogP) is 2.98. The fourth-order valence-corrected chi connectivity index (χ4v) is 8.74. The zero-order valence-corrected chi connectivity index (χ0v) is 21.4. The summed E-state index contributed by atoms with van der Waals surface area (Å²) in [6, 6.07) is 17.7. The van der Waals surface area contributed by atoms with Crippen LogP contribution in [0, 0.1) is 11.8 Å². The van der Waals surface area contributed by atoms with Crippen LogP contribution in [0.25, 0.3) is 0 Å². The number of aliphatic carboxylic acids is 1. The first-order valence-corrected chi connectivity index (χ1v) is 13.6. The second-order valence-electron chi connectivity index (χ2n) is 10.2. The topological polar surface area (TPSA) is 98.2 Å². The fraction of sp³-hybridized carbons (Fsp3) is 0.414. The van der Waals surface area contributed by atoms with Gasteiger partial charge in [0.2, 0.25) is 11.8 Å². The average molecular weight is 521 g/mol. The van der Waals surface area contributed by atoms with Crippen molar-refractivity contribution in [3.8, 4) is 0 Å². The van der Waals surface area contributed by atoms with Crippen molar-refractivity contribution in [3.63, 3.8) is 0 Å². The van der Waals surface area contributed by atoms with E-state index in [0.717, 1.165) is 11.1 Å². The van der Waals surface area contributed by atoms with E-state index in [9.17, 15) is 24.6 Å². The Morgan fingerprint density at radius 1 is 1.14 bits per heavy atom. The maximum atomic E-state index is 14.4. The Labute approximate surface area is 221 Å². The maximum Gasteiger partial charge on any atom is 0.308 e. The minimum atomic E-state index is -0.985. The average Bonchev–Trinajstić information content (AvgIpc) is 3.55. The first-order valence-electron chi connectivity index (χ1n) is 12.7. The number of carbonyl (C=O) groups is 3. The molecule has 2 aromatic carbocycles. The van der Waals surface area contributed by atoms with E-state index in [0.29, 0.717) is 32.4 Å². The van der Waals surface area contributed by atoms with Gasteiger partial charge in [0.1, 0.15) is 6.04 Å². The third kappa shape index (κ3) is 4.36. The van der Waals surface area contributed by atoms with Crippen molar-refractivity contribution in [1.82, 2.24) is 9.80 Å². The molecule has 2 amide bonds. The summed E-state index contributed by atoms with van der Waals surface area (Å²) < 4.78 is -0.817. The summed E-state index contributed by atoms with van der Waals surface area (Å²) >= 11 is 1.51. The molecule has 0 saturated carbocycles. The molecule has 8 heteroatoms. The Bertz CT molecular complexity index is 1180. The van der Waals surface area contributed by atoms with Crippen LogP contribution in [0.1, 0.15) is 24.0 Å². The Kier molecular flexibility index (Phi) is 7.14. The summed E-state index contributed by atoms with van der Waals surface area (Å²) in [5, 5.41) is 20.4. The normalized spacial score (nSPS) is 28.7. The maximum absolute atomic E-state index is 14.4. The van der Waals surface area contributed by atoms with Gasteiger partial charge in [-0.2, -0.15) is 0 Å². The number of fused-ring (bicyclic) bond motifs is 1. The quantitative estimate of drug-likeness (QED) is 0.468. The summed E-state index contributed by atoms with van der Waals surface area (Å²) in [5.41, 5.74) is 1.89. The van der Waals surface area contributed by atoms with Gasteiger partial charge >= 0.3 is 5.97 Å². The molecule has 2 aromatic rings. The van der Waals surface area contributed by atoms with Crippen molar-refractivity contribution in [2.24, 2.45) is 11.8 Å². The second kappa shape index (κ2) is 10.3. The number of thioether (sulfide) groups is 1. The van der Waals surface area contributed by atoms with Gasteiger partial charge in [0.15, 0.2) is 0 Å². The number of carboxylic acid groups (broad SMARTS) is 1. The van der Waals surface area contributed by atoms with Crippen LogP contribution in [0.15, 0.2) is 73.3 Å². The highest BCUT2D eigenvalue weighted by atomic mass is 32.2. The molecule has 2 bridgehead atoms. The van der Waals surface area contributed by atoms with E-state index in [1.807, 2.05) is 60.7 Å². The number of aliphatic hydroxyl groups excluding tert-OH is 1. The van der Waals surface area contributed by atoms with Gasteiger partial charge in [0, 0.05) is 18.3 Å². The Morgan fingerprint density at radius 3 is 2.38 bits per heavy atom. The van der Waals surface area contributed by atoms with Gasteiger partial charge in [-0.15, -0.1) is 18.3 Å². The summed E-state index contributed by atoms with van der Waals surface area (Å²) in [5.74, 6) is -3.14. The summed E-state index contributed by atoms with van der Waals surface area (Å²) in [7, 11) is 0. The highest BCUT2D eigenvalue weighted by molar-refractivity contribution is 8.02. The molecule has 3 aliphatic heterocycles. The lowest BCUT2D eigenvalue weighted by Gasteiger charge is -2.39. The van der Waals surface area contributed by atoms with Crippen molar-refractivity contribution >= 4 is 29.5 Å². The molecule has 0 radical (unpaired) electrons. The number of aliphatic hydroxyl groups is 1. The van der Waals surface area contributed by atoms with Crippen molar-refractivity contribution in [3.05, 3.63) is 84.4 Å². The molecule has 37 heavy (non-hydrogen) atoms. The number of hydrogen-bond donors (Lipinski definition) is 2. The number of benzene rings is 2. The van der Waals surface area contributed by atoms with Crippen molar-refractivity contribution in [2.45, 2.75) is 47.9 Å². The Morgan fingerprint density at radius 2 is 1.78 bits per heavy atom. The van der Waals surface area contributed by atoms with E-state index >= 15 is 0 Å². The molecule has 5 rings (SSSR count). The standard InChI is InChI=1S/C29H32N2O5S/c1-2-15-30(17-20-11-7-4-8-12-20)27(34)25-29-14-13-22(37-29)23(28(35)36)24(29)26(33)31(25)21(18-32)16-19-9-5-3-6-10-19/h2-12,21-25,32H,1,13-18H2,(H,35,36)/t21-,22-,23+,24+,25?,29?/m1/s1. The largest absolute Gasteiger partial charge is 0.481 e. The lowest BCUT2D eigenvalue weighted by atomic mass is 9.71. The van der Waals surface area contributed by atoms with Crippen LogP contribution in [0.5, 0.6) is 0 Å². The fourth-order valence-electron chi connectivity index (χ4n) is 6.55. The van der Waals surface area contributed by atoms with E-state index in [4.69, 9.17) is 0 Å². The summed E-state index contributed by atoms with van der Waals surface area (Å²) in [4.78, 5) is 44.1. The monoisotopic (exact) mass is 520 g/mol. The molecule has 3 aliphatic rings. The van der Waals surface area contributed by atoms with E-state index in [-0.39, 0.29) is 23.7 Å². The van der Waals surface area contributed by atoms with E-state index in [2.05, 4.69) is 6.58 Å². The Balaban J connectivity index is 1.56. The summed E-state index contributed by atoms with van der Waals surface area (Å²) in [6.45, 7) is 4.17. The van der Waals surface area contributed by atoms with Crippen LogP contribution >= 0.6 is 11.8 Å². The van der Waals surface area contributed by atoms with Crippen LogP contribution in [0.2, 0.25) is 0 Å². The Hall–Kier alpha value is -3.10. The number of amides is 2. The molecule has 3 saturated heterocycles. The van der Waals surface area contributed by atoms with E-state index in [1.54, 1.807) is 15.9 Å².